The van der Waals surface area contributed by atoms with E-state index in [4.69, 9.17) is 19.4 Å². The highest BCUT2D eigenvalue weighted by Crippen LogP contribution is 2.51. The third-order valence-corrected chi connectivity index (χ3v) is 4.45. The van der Waals surface area contributed by atoms with Crippen molar-refractivity contribution in [3.05, 3.63) is 53.5 Å². The SMILES string of the molecule is CCN(CC)c1noc2c1[C@@H](c1ccoc1)c1cc(N)ccc1O2. The van der Waals surface area contributed by atoms with Gasteiger partial charge in [0.25, 0.3) is 0 Å². The fraction of sp³-hybridized carbons (Fsp3) is 0.278. The zero-order chi connectivity index (χ0) is 16.7. The molecule has 3 aromatic rings. The van der Waals surface area contributed by atoms with E-state index >= 15 is 0 Å². The van der Waals surface area contributed by atoms with E-state index in [0.29, 0.717) is 11.6 Å². The number of ether oxygens (including phenoxy) is 1. The van der Waals surface area contributed by atoms with E-state index in [2.05, 4.69) is 23.9 Å². The summed E-state index contributed by atoms with van der Waals surface area (Å²) < 4.78 is 16.8. The fourth-order valence-corrected chi connectivity index (χ4v) is 3.27. The number of fused-ring (bicyclic) bond motifs is 2. The van der Waals surface area contributed by atoms with Crippen molar-refractivity contribution in [3.8, 4) is 11.7 Å². The number of nitrogens with two attached hydrogens (primary N) is 1. The standard InChI is InChI=1S/C18H19N3O3/c1-3-21(4-2)17-16-15(11-7-8-22-10-11)13-9-12(19)5-6-14(13)23-18(16)24-20-17/h5-10,15H,3-4,19H2,1-2H3/t15-/m0/s1. The normalized spacial score (nSPS) is 15.5. The van der Waals surface area contributed by atoms with Crippen LogP contribution in [0.25, 0.3) is 0 Å². The molecule has 3 heterocycles. The summed E-state index contributed by atoms with van der Waals surface area (Å²) in [6.45, 7) is 5.84. The van der Waals surface area contributed by atoms with E-state index in [9.17, 15) is 0 Å². The molecule has 1 atom stereocenters. The molecule has 1 aromatic carbocycles. The molecule has 6 heteroatoms. The van der Waals surface area contributed by atoms with Crippen molar-refractivity contribution in [2.45, 2.75) is 19.8 Å². The van der Waals surface area contributed by atoms with Gasteiger partial charge in [-0.2, -0.15) is 0 Å². The predicted octanol–water partition coefficient (Wildman–Crippen LogP) is 3.98. The van der Waals surface area contributed by atoms with Crippen LogP contribution in [0.2, 0.25) is 0 Å². The second-order valence-electron chi connectivity index (χ2n) is 5.77. The lowest BCUT2D eigenvalue weighted by Crippen LogP contribution is -2.24. The molecule has 0 unspecified atom stereocenters. The third kappa shape index (κ3) is 2.14. The molecule has 6 nitrogen and oxygen atoms in total. The topological polar surface area (TPSA) is 77.7 Å². The second-order valence-corrected chi connectivity index (χ2v) is 5.77. The molecular formula is C18H19N3O3. The average Bonchev–Trinajstić information content (AvgIpc) is 3.24. The molecule has 0 amide bonds. The highest BCUT2D eigenvalue weighted by molar-refractivity contribution is 5.66. The maximum absolute atomic E-state index is 6.01. The van der Waals surface area contributed by atoms with Crippen LogP contribution in [0.5, 0.6) is 11.7 Å². The zero-order valence-corrected chi connectivity index (χ0v) is 13.7. The van der Waals surface area contributed by atoms with Gasteiger partial charge in [-0.15, -0.1) is 0 Å². The van der Waals surface area contributed by atoms with Crippen molar-refractivity contribution in [2.24, 2.45) is 0 Å². The van der Waals surface area contributed by atoms with Crippen molar-refractivity contribution in [3.63, 3.8) is 0 Å². The highest BCUT2D eigenvalue weighted by Gasteiger charge is 2.37. The van der Waals surface area contributed by atoms with Crippen molar-refractivity contribution in [1.82, 2.24) is 5.16 Å². The molecule has 0 saturated carbocycles. The number of furan rings is 1. The molecule has 2 aromatic heterocycles. The minimum atomic E-state index is -0.0900. The first-order valence-corrected chi connectivity index (χ1v) is 8.06. The molecule has 0 fully saturated rings. The summed E-state index contributed by atoms with van der Waals surface area (Å²) in [4.78, 5) is 2.15. The van der Waals surface area contributed by atoms with E-state index in [1.54, 1.807) is 12.5 Å². The van der Waals surface area contributed by atoms with Crippen LogP contribution < -0.4 is 15.4 Å². The summed E-state index contributed by atoms with van der Waals surface area (Å²) in [6.07, 6.45) is 3.41. The van der Waals surface area contributed by atoms with Crippen LogP contribution in [-0.4, -0.2) is 18.2 Å². The molecule has 0 spiro atoms. The molecule has 0 radical (unpaired) electrons. The number of aromatic nitrogens is 1. The Morgan fingerprint density at radius 1 is 1.21 bits per heavy atom. The van der Waals surface area contributed by atoms with E-state index in [0.717, 1.165) is 41.3 Å². The lowest BCUT2D eigenvalue weighted by atomic mass is 9.85. The first-order chi connectivity index (χ1) is 11.7. The van der Waals surface area contributed by atoms with Crippen LogP contribution in [0.4, 0.5) is 11.5 Å². The Hall–Kier alpha value is -2.89. The van der Waals surface area contributed by atoms with Crippen LogP contribution in [-0.2, 0) is 0 Å². The molecule has 2 N–H and O–H groups in total. The van der Waals surface area contributed by atoms with Gasteiger partial charge in [0.1, 0.15) is 5.75 Å². The maximum Gasteiger partial charge on any atom is 0.323 e. The van der Waals surface area contributed by atoms with Crippen molar-refractivity contribution < 1.29 is 13.7 Å². The summed E-state index contributed by atoms with van der Waals surface area (Å²) >= 11 is 0. The molecule has 24 heavy (non-hydrogen) atoms. The first kappa shape index (κ1) is 14.7. The summed E-state index contributed by atoms with van der Waals surface area (Å²) in [5, 5.41) is 4.27. The van der Waals surface area contributed by atoms with Crippen LogP contribution >= 0.6 is 0 Å². The quantitative estimate of drug-likeness (QED) is 0.572. The summed E-state index contributed by atoms with van der Waals surface area (Å²) in [5.74, 6) is 1.87. The van der Waals surface area contributed by atoms with Gasteiger partial charge in [-0.1, -0.05) is 5.16 Å². The predicted molar refractivity (Wildman–Crippen MR) is 90.6 cm³/mol. The Morgan fingerprint density at radius 3 is 2.75 bits per heavy atom. The molecule has 0 saturated heterocycles. The molecular weight excluding hydrogens is 306 g/mol. The van der Waals surface area contributed by atoms with E-state index in [1.807, 2.05) is 24.3 Å². The largest absolute Gasteiger partial charge is 0.472 e. The molecule has 4 rings (SSSR count). The lowest BCUT2D eigenvalue weighted by Gasteiger charge is -2.27. The van der Waals surface area contributed by atoms with E-state index in [-0.39, 0.29) is 5.92 Å². The monoisotopic (exact) mass is 325 g/mol. The van der Waals surface area contributed by atoms with Crippen molar-refractivity contribution in [2.75, 3.05) is 23.7 Å². The van der Waals surface area contributed by atoms with E-state index in [1.165, 1.54) is 0 Å². The fourth-order valence-electron chi connectivity index (χ4n) is 3.27. The first-order valence-electron chi connectivity index (χ1n) is 8.06. The zero-order valence-electron chi connectivity index (χ0n) is 13.7. The van der Waals surface area contributed by atoms with Gasteiger partial charge >= 0.3 is 5.95 Å². The molecule has 124 valence electrons. The van der Waals surface area contributed by atoms with Gasteiger partial charge in [0.15, 0.2) is 5.82 Å². The number of rotatable bonds is 4. The van der Waals surface area contributed by atoms with Crippen molar-refractivity contribution >= 4 is 11.5 Å². The molecule has 0 aliphatic carbocycles. The van der Waals surface area contributed by atoms with Crippen LogP contribution in [0.3, 0.4) is 0 Å². The Balaban J connectivity index is 1.94. The maximum atomic E-state index is 6.01. The van der Waals surface area contributed by atoms with Gasteiger partial charge in [-0.05, 0) is 38.1 Å². The van der Waals surface area contributed by atoms with Crippen LogP contribution in [0.1, 0.15) is 36.5 Å². The molecule has 0 bridgehead atoms. The van der Waals surface area contributed by atoms with Gasteiger partial charge in [0.2, 0.25) is 0 Å². The van der Waals surface area contributed by atoms with Gasteiger partial charge < -0.3 is 24.3 Å². The average molecular weight is 325 g/mol. The minimum absolute atomic E-state index is 0.0900. The number of benzene rings is 1. The third-order valence-electron chi connectivity index (χ3n) is 4.45. The number of nitrogen functional groups attached to an aromatic ring is 1. The Morgan fingerprint density at radius 2 is 2.04 bits per heavy atom. The lowest BCUT2D eigenvalue weighted by molar-refractivity contribution is 0.280. The number of anilines is 2. The van der Waals surface area contributed by atoms with Gasteiger partial charge in [0, 0.05) is 29.9 Å². The summed E-state index contributed by atoms with van der Waals surface area (Å²) in [5.41, 5.74) is 9.62. The van der Waals surface area contributed by atoms with Crippen LogP contribution in [0, 0.1) is 0 Å². The van der Waals surface area contributed by atoms with Crippen LogP contribution in [0.15, 0.2) is 45.7 Å². The summed E-state index contributed by atoms with van der Waals surface area (Å²) in [7, 11) is 0. The summed E-state index contributed by atoms with van der Waals surface area (Å²) in [6, 6.07) is 7.57. The van der Waals surface area contributed by atoms with Crippen molar-refractivity contribution in [1.29, 1.82) is 0 Å². The molecule has 1 aliphatic heterocycles. The van der Waals surface area contributed by atoms with Gasteiger partial charge in [0.05, 0.1) is 24.0 Å². The second kappa shape index (κ2) is 5.63. The number of hydrogen-bond acceptors (Lipinski definition) is 6. The Bertz CT molecular complexity index is 851. The Kier molecular flexibility index (Phi) is 3.45. The number of hydrogen-bond donors (Lipinski definition) is 1. The van der Waals surface area contributed by atoms with Gasteiger partial charge in [-0.25, -0.2) is 0 Å². The Labute approximate surface area is 139 Å². The van der Waals surface area contributed by atoms with Gasteiger partial charge in [-0.3, -0.25) is 0 Å². The number of nitrogens with zero attached hydrogens (tertiary/aromatic N) is 2. The minimum Gasteiger partial charge on any atom is -0.472 e. The molecule has 1 aliphatic rings. The van der Waals surface area contributed by atoms with E-state index < -0.39 is 0 Å². The highest BCUT2D eigenvalue weighted by atomic mass is 16.6. The smallest absolute Gasteiger partial charge is 0.323 e.